The topological polar surface area (TPSA) is 65.5 Å². The summed E-state index contributed by atoms with van der Waals surface area (Å²) in [6, 6.07) is 2.46. The third-order valence-corrected chi connectivity index (χ3v) is 6.36. The van der Waals surface area contributed by atoms with Gasteiger partial charge in [0.25, 0.3) is 5.91 Å². The number of hydrogen-bond acceptors (Lipinski definition) is 4. The average Bonchev–Trinajstić information content (AvgIpc) is 2.58. The Morgan fingerprint density at radius 1 is 1.33 bits per heavy atom. The minimum atomic E-state index is -0.594. The molecule has 1 spiro atoms. The van der Waals surface area contributed by atoms with Gasteiger partial charge in [-0.15, -0.1) is 0 Å². The number of hydroxylamine groups is 1. The molecule has 2 fully saturated rings. The van der Waals surface area contributed by atoms with Crippen LogP contribution in [0.15, 0.2) is 6.07 Å². The normalized spacial score (nSPS) is 23.5. The van der Waals surface area contributed by atoms with Crippen LogP contribution in [0.1, 0.15) is 66.6 Å². The summed E-state index contributed by atoms with van der Waals surface area (Å²) in [5.41, 5.74) is 4.79. The lowest BCUT2D eigenvalue weighted by molar-refractivity contribution is -0.0313. The fourth-order valence-corrected chi connectivity index (χ4v) is 4.96. The number of hydrogen-bond donors (Lipinski definition) is 2. The highest BCUT2D eigenvalue weighted by Crippen LogP contribution is 2.53. The van der Waals surface area contributed by atoms with Crippen LogP contribution in [0.4, 0.5) is 0 Å². The molecule has 126 valence electrons. The molecule has 0 unspecified atom stereocenters. The molecule has 2 N–H and O–H groups in total. The van der Waals surface area contributed by atoms with Crippen LogP contribution in [-0.4, -0.2) is 41.4 Å². The largest absolute Gasteiger partial charge is 0.294 e. The molecule has 3 aliphatic rings. The van der Waals surface area contributed by atoms with Gasteiger partial charge in [0.2, 0.25) is 0 Å². The zero-order chi connectivity index (χ0) is 16.7. The Balaban J connectivity index is 1.45. The maximum Gasteiger partial charge on any atom is 0.275 e. The van der Waals surface area contributed by atoms with Crippen molar-refractivity contribution in [2.24, 2.45) is 5.41 Å². The molecule has 6 heteroatoms. The second-order valence-corrected chi connectivity index (χ2v) is 7.81. The van der Waals surface area contributed by atoms with E-state index in [4.69, 9.17) is 13.1 Å². The monoisotopic (exact) mass is 325 g/mol. The van der Waals surface area contributed by atoms with Crippen LogP contribution >= 0.6 is 0 Å². The van der Waals surface area contributed by atoms with Crippen molar-refractivity contribution in [2.75, 3.05) is 6.54 Å². The maximum absolute atomic E-state index is 11.6. The van der Waals surface area contributed by atoms with Crippen molar-refractivity contribution in [2.45, 2.75) is 64.0 Å². The first-order chi connectivity index (χ1) is 11.6. The van der Waals surface area contributed by atoms with Gasteiger partial charge in [-0.1, -0.05) is 19.3 Å². The smallest absolute Gasteiger partial charge is 0.275 e. The first kappa shape index (κ1) is 16.1. The third kappa shape index (κ3) is 2.76. The number of carbonyl (C=O) groups excluding carboxylic acids is 1. The van der Waals surface area contributed by atoms with Gasteiger partial charge < -0.3 is 0 Å². The van der Waals surface area contributed by atoms with Crippen molar-refractivity contribution in [3.8, 4) is 0 Å². The van der Waals surface area contributed by atoms with Gasteiger partial charge in [-0.05, 0) is 49.1 Å². The summed E-state index contributed by atoms with van der Waals surface area (Å²) < 4.78 is 0. The molecule has 1 aromatic heterocycles. The van der Waals surface area contributed by atoms with Crippen LogP contribution in [0.3, 0.4) is 0 Å². The third-order valence-electron chi connectivity index (χ3n) is 6.36. The molecule has 0 aromatic carbocycles. The lowest BCUT2D eigenvalue weighted by Crippen LogP contribution is -2.53. The molecule has 1 amide bonds. The van der Waals surface area contributed by atoms with Crippen molar-refractivity contribution in [3.05, 3.63) is 22.9 Å². The summed E-state index contributed by atoms with van der Waals surface area (Å²) >= 11 is 0. The summed E-state index contributed by atoms with van der Waals surface area (Å²) in [5, 5.41) is 8.80. The van der Waals surface area contributed by atoms with Crippen LogP contribution < -0.4 is 11.1 Å². The van der Waals surface area contributed by atoms with Crippen molar-refractivity contribution >= 4 is 19.3 Å². The van der Waals surface area contributed by atoms with Crippen molar-refractivity contribution in [1.82, 2.24) is 15.4 Å². The number of nitrogens with one attached hydrogen (secondary N) is 1. The molecule has 2 heterocycles. The van der Waals surface area contributed by atoms with Crippen LogP contribution in [0.2, 0.25) is 0 Å². The van der Waals surface area contributed by atoms with Crippen LogP contribution in [0.5, 0.6) is 0 Å². The highest BCUT2D eigenvalue weighted by molar-refractivity contribution is 6.34. The van der Waals surface area contributed by atoms with E-state index in [2.05, 4.69) is 9.88 Å². The van der Waals surface area contributed by atoms with Crippen molar-refractivity contribution in [3.63, 3.8) is 0 Å². The number of aromatic nitrogens is 1. The summed E-state index contributed by atoms with van der Waals surface area (Å²) in [5.74, 6) is -0.594. The summed E-state index contributed by atoms with van der Waals surface area (Å²) in [4.78, 5) is 18.6. The van der Waals surface area contributed by atoms with Gasteiger partial charge in [-0.2, -0.15) is 0 Å². The van der Waals surface area contributed by atoms with E-state index in [0.29, 0.717) is 11.5 Å². The highest BCUT2D eigenvalue weighted by atomic mass is 16.5. The Hall–Kier alpha value is -1.40. The summed E-state index contributed by atoms with van der Waals surface area (Å²) in [6.45, 7) is 1.83. The number of nitrogens with zero attached hydrogens (tertiary/aromatic N) is 2. The van der Waals surface area contributed by atoms with Crippen LogP contribution in [-0.2, 0) is 13.0 Å². The van der Waals surface area contributed by atoms with E-state index in [-0.39, 0.29) is 11.2 Å². The Bertz CT molecular complexity index is 650. The van der Waals surface area contributed by atoms with Gasteiger partial charge in [-0.25, -0.2) is 5.48 Å². The molecular formula is C18H24BN3O2. The standard InChI is InChI=1S/C18H24BN3O2/c19-16-14(17(23)21-24)8-12-4-7-22(11-15(12)20-16)13-9-18(10-13)5-2-1-3-6-18/h8,13,24H,1-7,9-11H2,(H,21,23). The Morgan fingerprint density at radius 2 is 2.08 bits per heavy atom. The molecule has 1 aliphatic heterocycles. The summed E-state index contributed by atoms with van der Waals surface area (Å²) in [7, 11) is 5.90. The molecule has 0 saturated heterocycles. The van der Waals surface area contributed by atoms with Gasteiger partial charge in [0, 0.05) is 24.7 Å². The molecule has 2 aliphatic carbocycles. The quantitative estimate of drug-likeness (QED) is 0.491. The van der Waals surface area contributed by atoms with Crippen LogP contribution in [0.25, 0.3) is 0 Å². The van der Waals surface area contributed by atoms with Gasteiger partial charge in [0.05, 0.1) is 11.3 Å². The molecule has 5 nitrogen and oxygen atoms in total. The molecule has 0 atom stereocenters. The van der Waals surface area contributed by atoms with E-state index in [9.17, 15) is 4.79 Å². The number of amides is 1. The minimum Gasteiger partial charge on any atom is -0.294 e. The first-order valence-corrected chi connectivity index (χ1v) is 9.07. The second-order valence-electron chi connectivity index (χ2n) is 7.81. The molecule has 2 radical (unpaired) electrons. The molecule has 1 aromatic rings. The fourth-order valence-electron chi connectivity index (χ4n) is 4.96. The highest BCUT2D eigenvalue weighted by Gasteiger charge is 2.46. The van der Waals surface area contributed by atoms with E-state index in [1.807, 2.05) is 0 Å². The Kier molecular flexibility index (Phi) is 4.13. The van der Waals surface area contributed by atoms with Gasteiger partial charge in [-0.3, -0.25) is 19.9 Å². The van der Waals surface area contributed by atoms with Gasteiger partial charge in [0.1, 0.15) is 7.85 Å². The zero-order valence-electron chi connectivity index (χ0n) is 14.1. The van der Waals surface area contributed by atoms with E-state index in [1.54, 1.807) is 11.5 Å². The fraction of sp³-hybridized carbons (Fsp3) is 0.667. The maximum atomic E-state index is 11.6. The van der Waals surface area contributed by atoms with E-state index in [1.165, 1.54) is 44.9 Å². The van der Waals surface area contributed by atoms with E-state index in [0.717, 1.165) is 30.8 Å². The minimum absolute atomic E-state index is 0.194. The average molecular weight is 325 g/mol. The van der Waals surface area contributed by atoms with Crippen molar-refractivity contribution in [1.29, 1.82) is 0 Å². The van der Waals surface area contributed by atoms with Gasteiger partial charge >= 0.3 is 0 Å². The molecule has 0 bridgehead atoms. The Morgan fingerprint density at radius 3 is 2.79 bits per heavy atom. The van der Waals surface area contributed by atoms with Crippen LogP contribution in [0, 0.1) is 5.41 Å². The van der Waals surface area contributed by atoms with E-state index < -0.39 is 5.91 Å². The number of fused-ring (bicyclic) bond motifs is 1. The lowest BCUT2D eigenvalue weighted by Gasteiger charge is -2.54. The number of rotatable bonds is 2. The Labute approximate surface area is 144 Å². The predicted molar refractivity (Wildman–Crippen MR) is 91.5 cm³/mol. The lowest BCUT2D eigenvalue weighted by atomic mass is 9.58. The van der Waals surface area contributed by atoms with E-state index >= 15 is 0 Å². The SMILES string of the molecule is [B]c1nc2c(cc1C(=O)NO)CCN(C1CC3(CCCCC3)C1)C2. The number of carbonyl (C=O) groups is 1. The summed E-state index contributed by atoms with van der Waals surface area (Å²) in [6.07, 6.45) is 10.6. The second kappa shape index (κ2) is 6.15. The van der Waals surface area contributed by atoms with Crippen molar-refractivity contribution < 1.29 is 10.0 Å². The molecule has 24 heavy (non-hydrogen) atoms. The zero-order valence-corrected chi connectivity index (χ0v) is 14.1. The predicted octanol–water partition coefficient (Wildman–Crippen LogP) is 1.47. The van der Waals surface area contributed by atoms with Gasteiger partial charge in [0.15, 0.2) is 0 Å². The molecule has 4 rings (SSSR count). The molecule has 2 saturated carbocycles. The number of pyridine rings is 1. The molecular weight excluding hydrogens is 301 g/mol. The first-order valence-electron chi connectivity index (χ1n) is 9.07.